The van der Waals surface area contributed by atoms with E-state index in [-0.39, 0.29) is 12.1 Å². The monoisotopic (exact) mass is 279 g/mol. The van der Waals surface area contributed by atoms with E-state index in [4.69, 9.17) is 14.2 Å². The highest BCUT2D eigenvalue weighted by Crippen LogP contribution is 2.10. The summed E-state index contributed by atoms with van der Waals surface area (Å²) in [5, 5.41) is 3.35. The lowest BCUT2D eigenvalue weighted by molar-refractivity contribution is -0.139. The van der Waals surface area contributed by atoms with Crippen LogP contribution in [0.3, 0.4) is 0 Å². The molecule has 110 valence electrons. The van der Waals surface area contributed by atoms with Crippen molar-refractivity contribution in [1.29, 1.82) is 0 Å². The van der Waals surface area contributed by atoms with E-state index in [1.807, 2.05) is 24.3 Å². The average Bonchev–Trinajstić information content (AvgIpc) is 2.50. The fourth-order valence-electron chi connectivity index (χ4n) is 2.15. The molecule has 0 amide bonds. The second-order valence-corrected chi connectivity index (χ2v) is 4.72. The van der Waals surface area contributed by atoms with Crippen molar-refractivity contribution in [2.75, 3.05) is 33.5 Å². The van der Waals surface area contributed by atoms with Crippen molar-refractivity contribution in [2.24, 2.45) is 0 Å². The normalized spacial score (nSPS) is 18.8. The number of nitrogens with one attached hydrogen (secondary N) is 1. The number of hydrogen-bond donors (Lipinski definition) is 1. The summed E-state index contributed by atoms with van der Waals surface area (Å²) in [4.78, 5) is 11.4. The molecule has 1 aromatic rings. The predicted octanol–water partition coefficient (Wildman–Crippen LogP) is 0.907. The van der Waals surface area contributed by atoms with Gasteiger partial charge >= 0.3 is 5.97 Å². The van der Waals surface area contributed by atoms with E-state index in [0.29, 0.717) is 32.8 Å². The van der Waals surface area contributed by atoms with Crippen LogP contribution in [0.4, 0.5) is 0 Å². The second-order valence-electron chi connectivity index (χ2n) is 4.72. The van der Waals surface area contributed by atoms with Crippen LogP contribution in [-0.2, 0) is 32.0 Å². The fraction of sp³-hybridized carbons (Fsp3) is 0.533. The Morgan fingerprint density at radius 1 is 1.35 bits per heavy atom. The Morgan fingerprint density at radius 2 is 2.15 bits per heavy atom. The molecule has 5 heteroatoms. The van der Waals surface area contributed by atoms with E-state index < -0.39 is 0 Å². The first-order valence-electron chi connectivity index (χ1n) is 6.83. The lowest BCUT2D eigenvalue weighted by atomic mass is 10.0. The summed E-state index contributed by atoms with van der Waals surface area (Å²) in [6.07, 6.45) is 0.411. The van der Waals surface area contributed by atoms with Gasteiger partial charge in [0, 0.05) is 13.1 Å². The third-order valence-corrected chi connectivity index (χ3v) is 3.25. The van der Waals surface area contributed by atoms with Crippen molar-refractivity contribution in [2.45, 2.75) is 19.1 Å². The smallest absolute Gasteiger partial charge is 0.309 e. The Labute approximate surface area is 119 Å². The first-order valence-corrected chi connectivity index (χ1v) is 6.83. The molecular formula is C15H21NO4. The van der Waals surface area contributed by atoms with Gasteiger partial charge in [0.05, 0.1) is 39.5 Å². The maximum Gasteiger partial charge on any atom is 0.309 e. The van der Waals surface area contributed by atoms with Crippen LogP contribution in [0.5, 0.6) is 0 Å². The lowest BCUT2D eigenvalue weighted by Crippen LogP contribution is -2.37. The van der Waals surface area contributed by atoms with Crippen LogP contribution in [0.25, 0.3) is 0 Å². The number of methoxy groups -OCH3 is 1. The van der Waals surface area contributed by atoms with E-state index in [0.717, 1.165) is 17.7 Å². The van der Waals surface area contributed by atoms with Gasteiger partial charge in [-0.15, -0.1) is 0 Å². The first-order chi connectivity index (χ1) is 9.79. The van der Waals surface area contributed by atoms with Gasteiger partial charge in [0.15, 0.2) is 0 Å². The Balaban J connectivity index is 1.83. The van der Waals surface area contributed by atoms with Gasteiger partial charge in [-0.25, -0.2) is 0 Å². The van der Waals surface area contributed by atoms with Crippen LogP contribution in [0.1, 0.15) is 11.1 Å². The molecule has 0 saturated carbocycles. The molecule has 1 aliphatic rings. The number of rotatable bonds is 6. The summed E-state index contributed by atoms with van der Waals surface area (Å²) >= 11 is 0. The Hall–Kier alpha value is -1.43. The van der Waals surface area contributed by atoms with Crippen LogP contribution in [0, 0.1) is 0 Å². The highest BCUT2D eigenvalue weighted by molar-refractivity contribution is 5.72. The summed E-state index contributed by atoms with van der Waals surface area (Å²) in [6, 6.07) is 7.87. The zero-order valence-electron chi connectivity index (χ0n) is 11.8. The zero-order chi connectivity index (χ0) is 14.2. The van der Waals surface area contributed by atoms with Crippen molar-refractivity contribution < 1.29 is 19.0 Å². The molecule has 1 aromatic carbocycles. The number of hydrogen-bond acceptors (Lipinski definition) is 5. The Bertz CT molecular complexity index is 430. The van der Waals surface area contributed by atoms with Gasteiger partial charge in [0.2, 0.25) is 0 Å². The summed E-state index contributed by atoms with van der Waals surface area (Å²) in [6.45, 7) is 3.42. The van der Waals surface area contributed by atoms with Gasteiger partial charge in [-0.2, -0.15) is 0 Å². The molecule has 1 N–H and O–H groups in total. The summed E-state index contributed by atoms with van der Waals surface area (Å²) in [5.41, 5.74) is 2.10. The molecule has 0 aliphatic carbocycles. The number of carbonyl (C=O) groups is 1. The summed E-state index contributed by atoms with van der Waals surface area (Å²) in [7, 11) is 1.41. The van der Waals surface area contributed by atoms with Crippen molar-refractivity contribution in [3.8, 4) is 0 Å². The van der Waals surface area contributed by atoms with Gasteiger partial charge in [0.1, 0.15) is 0 Å². The summed E-state index contributed by atoms with van der Waals surface area (Å²) in [5.74, 6) is -0.221. The standard InChI is InChI=1S/C15H21NO4/c1-18-15(17)8-12-4-2-3-5-13(12)9-16-10-14-11-19-6-7-20-14/h2-5,14,16H,6-11H2,1H3. The topological polar surface area (TPSA) is 56.8 Å². The largest absolute Gasteiger partial charge is 0.469 e. The van der Waals surface area contributed by atoms with E-state index >= 15 is 0 Å². The number of benzene rings is 1. The van der Waals surface area contributed by atoms with Gasteiger partial charge < -0.3 is 19.5 Å². The van der Waals surface area contributed by atoms with E-state index in [1.165, 1.54) is 7.11 Å². The van der Waals surface area contributed by atoms with Gasteiger partial charge in [-0.1, -0.05) is 24.3 Å². The minimum atomic E-state index is -0.221. The average molecular weight is 279 g/mol. The van der Waals surface area contributed by atoms with E-state index in [2.05, 4.69) is 5.32 Å². The number of ether oxygens (including phenoxy) is 3. The van der Waals surface area contributed by atoms with E-state index in [9.17, 15) is 4.79 Å². The third-order valence-electron chi connectivity index (χ3n) is 3.25. The Kier molecular flexibility index (Phi) is 5.98. The predicted molar refractivity (Wildman–Crippen MR) is 74.4 cm³/mol. The zero-order valence-corrected chi connectivity index (χ0v) is 11.8. The highest BCUT2D eigenvalue weighted by Gasteiger charge is 2.14. The quantitative estimate of drug-likeness (QED) is 0.784. The summed E-state index contributed by atoms with van der Waals surface area (Å²) < 4.78 is 15.6. The maximum atomic E-state index is 11.4. The molecule has 0 aromatic heterocycles. The Morgan fingerprint density at radius 3 is 2.85 bits per heavy atom. The van der Waals surface area contributed by atoms with Crippen molar-refractivity contribution in [3.63, 3.8) is 0 Å². The lowest BCUT2D eigenvalue weighted by Gasteiger charge is -2.23. The molecule has 5 nitrogen and oxygen atoms in total. The van der Waals surface area contributed by atoms with Gasteiger partial charge in [0.25, 0.3) is 0 Å². The van der Waals surface area contributed by atoms with Crippen LogP contribution in [0.15, 0.2) is 24.3 Å². The minimum absolute atomic E-state index is 0.108. The first kappa shape index (κ1) is 15.0. The highest BCUT2D eigenvalue weighted by atomic mass is 16.6. The molecule has 1 fully saturated rings. The van der Waals surface area contributed by atoms with Crippen LogP contribution in [-0.4, -0.2) is 45.5 Å². The molecule has 0 spiro atoms. The van der Waals surface area contributed by atoms with E-state index in [1.54, 1.807) is 0 Å². The molecule has 1 unspecified atom stereocenters. The molecule has 0 bridgehead atoms. The number of esters is 1. The number of carbonyl (C=O) groups excluding carboxylic acids is 1. The minimum Gasteiger partial charge on any atom is -0.469 e. The molecule has 20 heavy (non-hydrogen) atoms. The van der Waals surface area contributed by atoms with Crippen LogP contribution in [0.2, 0.25) is 0 Å². The van der Waals surface area contributed by atoms with Crippen molar-refractivity contribution >= 4 is 5.97 Å². The SMILES string of the molecule is COC(=O)Cc1ccccc1CNCC1COCCO1. The molecule has 2 rings (SSSR count). The van der Waals surface area contributed by atoms with Crippen LogP contribution < -0.4 is 5.32 Å². The van der Waals surface area contributed by atoms with Gasteiger partial charge in [-0.05, 0) is 11.1 Å². The van der Waals surface area contributed by atoms with Crippen molar-refractivity contribution in [1.82, 2.24) is 5.32 Å². The molecule has 0 radical (unpaired) electrons. The second kappa shape index (κ2) is 7.99. The molecule has 1 saturated heterocycles. The van der Waals surface area contributed by atoms with Crippen molar-refractivity contribution in [3.05, 3.63) is 35.4 Å². The third kappa shape index (κ3) is 4.59. The molecule has 1 heterocycles. The van der Waals surface area contributed by atoms with Gasteiger partial charge in [-0.3, -0.25) is 4.79 Å². The molecule has 1 aliphatic heterocycles. The maximum absolute atomic E-state index is 11.4. The van der Waals surface area contributed by atoms with Crippen LogP contribution >= 0.6 is 0 Å². The molecular weight excluding hydrogens is 258 g/mol. The molecule has 1 atom stereocenters. The fourth-order valence-corrected chi connectivity index (χ4v) is 2.15.